The number of fused-ring (bicyclic) bond motifs is 3. The van der Waals surface area contributed by atoms with Gasteiger partial charge in [0.2, 0.25) is 0 Å². The Morgan fingerprint density at radius 1 is 1.09 bits per heavy atom. The summed E-state index contributed by atoms with van der Waals surface area (Å²) in [7, 11) is 0. The van der Waals surface area contributed by atoms with Gasteiger partial charge < -0.3 is 10.2 Å². The third-order valence-corrected chi connectivity index (χ3v) is 7.69. The van der Waals surface area contributed by atoms with E-state index in [1.54, 1.807) is 0 Å². The highest BCUT2D eigenvalue weighted by molar-refractivity contribution is 5.16. The maximum absolute atomic E-state index is 11.5. The fraction of sp³-hybridized carbons (Fsp3) is 0.900. The first-order valence-corrected chi connectivity index (χ1v) is 9.10. The largest absolute Gasteiger partial charge is 0.393 e. The molecule has 3 fully saturated rings. The van der Waals surface area contributed by atoms with Crippen LogP contribution in [-0.4, -0.2) is 21.9 Å². The molecule has 6 atom stereocenters. The van der Waals surface area contributed by atoms with Crippen LogP contribution >= 0.6 is 0 Å². The minimum absolute atomic E-state index is 0.0198. The van der Waals surface area contributed by atoms with Crippen molar-refractivity contribution in [1.29, 1.82) is 0 Å². The zero-order valence-electron chi connectivity index (χ0n) is 14.9. The molecule has 0 aromatic rings. The average molecular weight is 306 g/mol. The first-order chi connectivity index (χ1) is 10.1. The second-order valence-electron chi connectivity index (χ2n) is 9.83. The van der Waals surface area contributed by atoms with Crippen LogP contribution in [0.3, 0.4) is 0 Å². The lowest BCUT2D eigenvalue weighted by Gasteiger charge is -2.65. The van der Waals surface area contributed by atoms with Gasteiger partial charge in [-0.25, -0.2) is 0 Å². The molecule has 0 radical (unpaired) electrons. The Labute approximate surface area is 136 Å². The molecule has 3 aliphatic rings. The molecule has 0 amide bonds. The molecule has 0 aliphatic heterocycles. The van der Waals surface area contributed by atoms with Crippen LogP contribution in [0, 0.1) is 28.1 Å². The van der Waals surface area contributed by atoms with Crippen LogP contribution in [0.1, 0.15) is 72.6 Å². The van der Waals surface area contributed by atoms with Gasteiger partial charge in [0.15, 0.2) is 0 Å². The van der Waals surface area contributed by atoms with Gasteiger partial charge >= 0.3 is 0 Å². The van der Waals surface area contributed by atoms with Gasteiger partial charge in [-0.15, -0.1) is 6.58 Å². The van der Waals surface area contributed by atoms with Crippen molar-refractivity contribution >= 4 is 0 Å². The van der Waals surface area contributed by atoms with Gasteiger partial charge in [-0.05, 0) is 60.7 Å². The molecule has 2 heteroatoms. The van der Waals surface area contributed by atoms with Crippen molar-refractivity contribution in [3.8, 4) is 0 Å². The molecule has 0 heterocycles. The molecular weight excluding hydrogens is 272 g/mol. The normalized spacial score (nSPS) is 54.2. The smallest absolute Gasteiger partial charge is 0.0714 e. The SMILES string of the molecule is C=CC1(C)CC(O)C2C(O)(CCC3C(C)(C)CCCC32C)C1. The van der Waals surface area contributed by atoms with Gasteiger partial charge in [-0.2, -0.15) is 0 Å². The molecule has 0 bridgehead atoms. The molecule has 3 aliphatic carbocycles. The van der Waals surface area contributed by atoms with Crippen LogP contribution in [0.25, 0.3) is 0 Å². The second kappa shape index (κ2) is 4.83. The number of hydrogen-bond donors (Lipinski definition) is 2. The van der Waals surface area contributed by atoms with Crippen LogP contribution in [0.5, 0.6) is 0 Å². The Balaban J connectivity index is 2.01. The van der Waals surface area contributed by atoms with Crippen LogP contribution < -0.4 is 0 Å². The summed E-state index contributed by atoms with van der Waals surface area (Å²) < 4.78 is 0. The van der Waals surface area contributed by atoms with Gasteiger partial charge in [0.05, 0.1) is 11.7 Å². The molecule has 2 N–H and O–H groups in total. The Bertz CT molecular complexity index is 470. The molecule has 2 nitrogen and oxygen atoms in total. The van der Waals surface area contributed by atoms with Crippen molar-refractivity contribution in [3.05, 3.63) is 12.7 Å². The van der Waals surface area contributed by atoms with Crippen molar-refractivity contribution in [2.24, 2.45) is 28.1 Å². The summed E-state index contributed by atoms with van der Waals surface area (Å²) in [6.45, 7) is 13.2. The molecule has 6 unspecified atom stereocenters. The first kappa shape index (κ1) is 16.5. The number of rotatable bonds is 1. The lowest BCUT2D eigenvalue weighted by Crippen LogP contribution is -2.65. The summed E-state index contributed by atoms with van der Waals surface area (Å²) in [4.78, 5) is 0. The highest BCUT2D eigenvalue weighted by Crippen LogP contribution is 2.66. The van der Waals surface area contributed by atoms with Gasteiger partial charge in [0.1, 0.15) is 0 Å². The van der Waals surface area contributed by atoms with Crippen LogP contribution in [-0.2, 0) is 0 Å². The molecule has 22 heavy (non-hydrogen) atoms. The number of hydrogen-bond acceptors (Lipinski definition) is 2. The fourth-order valence-corrected chi connectivity index (χ4v) is 6.94. The van der Waals surface area contributed by atoms with Crippen LogP contribution in [0.15, 0.2) is 12.7 Å². The number of aliphatic hydroxyl groups excluding tert-OH is 1. The predicted molar refractivity (Wildman–Crippen MR) is 90.4 cm³/mol. The van der Waals surface area contributed by atoms with Gasteiger partial charge in [-0.1, -0.05) is 40.2 Å². The Kier molecular flexibility index (Phi) is 3.63. The molecule has 0 aromatic carbocycles. The minimum Gasteiger partial charge on any atom is -0.393 e. The van der Waals surface area contributed by atoms with Crippen molar-refractivity contribution < 1.29 is 10.2 Å². The summed E-state index contributed by atoms with van der Waals surface area (Å²) in [6.07, 6.45) is 8.61. The van der Waals surface area contributed by atoms with E-state index in [9.17, 15) is 10.2 Å². The van der Waals surface area contributed by atoms with E-state index in [0.717, 1.165) is 32.1 Å². The predicted octanol–water partition coefficient (Wildman–Crippen LogP) is 4.31. The molecule has 3 rings (SSSR count). The zero-order valence-corrected chi connectivity index (χ0v) is 14.9. The van der Waals surface area contributed by atoms with E-state index in [1.807, 2.05) is 6.08 Å². The third kappa shape index (κ3) is 2.21. The monoisotopic (exact) mass is 306 g/mol. The van der Waals surface area contributed by atoms with Crippen LogP contribution in [0.4, 0.5) is 0 Å². The average Bonchev–Trinajstić information content (AvgIpc) is 2.35. The summed E-state index contributed by atoms with van der Waals surface area (Å²) in [6, 6.07) is 0. The second-order valence-corrected chi connectivity index (χ2v) is 9.83. The van der Waals surface area contributed by atoms with E-state index >= 15 is 0 Å². The topological polar surface area (TPSA) is 40.5 Å². The summed E-state index contributed by atoms with van der Waals surface area (Å²) in [5, 5.41) is 22.5. The molecule has 126 valence electrons. The van der Waals surface area contributed by atoms with Gasteiger partial charge in [0, 0.05) is 5.92 Å². The fourth-order valence-electron chi connectivity index (χ4n) is 6.94. The lowest BCUT2D eigenvalue weighted by atomic mass is 9.41. The van der Waals surface area contributed by atoms with Crippen molar-refractivity contribution in [3.63, 3.8) is 0 Å². The number of allylic oxidation sites excluding steroid dienone is 1. The maximum atomic E-state index is 11.5. The molecular formula is C20H34O2. The van der Waals surface area contributed by atoms with E-state index in [1.165, 1.54) is 12.8 Å². The Hall–Kier alpha value is -0.340. The van der Waals surface area contributed by atoms with E-state index in [2.05, 4.69) is 34.3 Å². The quantitative estimate of drug-likeness (QED) is 0.709. The zero-order chi connectivity index (χ0) is 16.4. The highest BCUT2D eigenvalue weighted by Gasteiger charge is 2.64. The Morgan fingerprint density at radius 2 is 1.77 bits per heavy atom. The van der Waals surface area contributed by atoms with Gasteiger partial charge in [0.25, 0.3) is 0 Å². The summed E-state index contributed by atoms with van der Waals surface area (Å²) in [5.74, 6) is 0.633. The highest BCUT2D eigenvalue weighted by atomic mass is 16.3. The maximum Gasteiger partial charge on any atom is 0.0714 e. The first-order valence-electron chi connectivity index (χ1n) is 9.10. The van der Waals surface area contributed by atoms with E-state index < -0.39 is 11.7 Å². The molecule has 0 spiro atoms. The van der Waals surface area contributed by atoms with Crippen molar-refractivity contribution in [2.45, 2.75) is 84.3 Å². The van der Waals surface area contributed by atoms with E-state index in [-0.39, 0.29) is 16.7 Å². The molecule has 3 saturated carbocycles. The van der Waals surface area contributed by atoms with Crippen molar-refractivity contribution in [1.82, 2.24) is 0 Å². The molecule has 0 aromatic heterocycles. The number of aliphatic hydroxyl groups is 2. The van der Waals surface area contributed by atoms with Crippen LogP contribution in [0.2, 0.25) is 0 Å². The van der Waals surface area contributed by atoms with E-state index in [4.69, 9.17) is 0 Å². The standard InChI is InChI=1S/C20H34O2/c1-6-18(4)12-14(21)16-19(5)10-7-9-17(2,3)15(19)8-11-20(16,22)13-18/h6,14-16,21-22H,1,7-13H2,2-5H3. The Morgan fingerprint density at radius 3 is 2.41 bits per heavy atom. The minimum atomic E-state index is -0.723. The summed E-state index contributed by atoms with van der Waals surface area (Å²) >= 11 is 0. The lowest BCUT2D eigenvalue weighted by molar-refractivity contribution is -0.237. The van der Waals surface area contributed by atoms with Gasteiger partial charge in [-0.3, -0.25) is 0 Å². The van der Waals surface area contributed by atoms with E-state index in [0.29, 0.717) is 11.3 Å². The molecule has 0 saturated heterocycles. The third-order valence-electron chi connectivity index (χ3n) is 7.69. The van der Waals surface area contributed by atoms with Crippen molar-refractivity contribution in [2.75, 3.05) is 0 Å². The summed E-state index contributed by atoms with van der Waals surface area (Å²) in [5.41, 5.74) is -0.471.